The highest BCUT2D eigenvalue weighted by molar-refractivity contribution is 6.03. The fourth-order valence-electron chi connectivity index (χ4n) is 4.51. The number of nitrogens with one attached hydrogen (secondary N) is 1. The molecule has 2 aromatic carbocycles. The predicted molar refractivity (Wildman–Crippen MR) is 111 cm³/mol. The SMILES string of the molecule is O=C(Nc1ccc2c(c1)CCN(C1CCC1)CC2)N1CCOc2ccccc21. The Balaban J connectivity index is 1.29. The van der Waals surface area contributed by atoms with Gasteiger partial charge in [0.1, 0.15) is 12.4 Å². The van der Waals surface area contributed by atoms with Crippen molar-refractivity contribution in [1.82, 2.24) is 4.90 Å². The molecule has 0 aromatic heterocycles. The third kappa shape index (κ3) is 3.35. The van der Waals surface area contributed by atoms with Crippen molar-refractivity contribution in [2.45, 2.75) is 38.1 Å². The van der Waals surface area contributed by atoms with Crippen molar-refractivity contribution in [1.29, 1.82) is 0 Å². The van der Waals surface area contributed by atoms with E-state index in [1.54, 1.807) is 4.90 Å². The van der Waals surface area contributed by atoms with Gasteiger partial charge in [-0.1, -0.05) is 24.6 Å². The number of anilines is 2. The molecule has 2 amide bonds. The Bertz CT molecular complexity index is 878. The first-order valence-electron chi connectivity index (χ1n) is 10.4. The van der Waals surface area contributed by atoms with Crippen LogP contribution < -0.4 is 15.0 Å². The van der Waals surface area contributed by atoms with Gasteiger partial charge in [-0.15, -0.1) is 0 Å². The summed E-state index contributed by atoms with van der Waals surface area (Å²) in [6, 6.07) is 14.8. The molecule has 5 nitrogen and oxygen atoms in total. The molecule has 1 N–H and O–H groups in total. The van der Waals surface area contributed by atoms with Crippen molar-refractivity contribution in [3.63, 3.8) is 0 Å². The number of fused-ring (bicyclic) bond motifs is 2. The highest BCUT2D eigenvalue weighted by Gasteiger charge is 2.27. The number of nitrogens with zero attached hydrogens (tertiary/aromatic N) is 2. The van der Waals surface area contributed by atoms with E-state index in [4.69, 9.17) is 4.74 Å². The number of carbonyl (C=O) groups excluding carboxylic acids is 1. The Hall–Kier alpha value is -2.53. The second-order valence-corrected chi connectivity index (χ2v) is 8.00. The number of amides is 2. The lowest BCUT2D eigenvalue weighted by Crippen LogP contribution is -2.41. The molecule has 1 aliphatic carbocycles. The Morgan fingerprint density at radius 3 is 2.64 bits per heavy atom. The van der Waals surface area contributed by atoms with Crippen LogP contribution >= 0.6 is 0 Å². The zero-order valence-corrected chi connectivity index (χ0v) is 16.2. The average molecular weight is 377 g/mol. The normalized spacial score (nSPS) is 19.6. The quantitative estimate of drug-likeness (QED) is 0.858. The molecule has 146 valence electrons. The third-order valence-electron chi connectivity index (χ3n) is 6.36. The van der Waals surface area contributed by atoms with Gasteiger partial charge in [-0.25, -0.2) is 4.79 Å². The summed E-state index contributed by atoms with van der Waals surface area (Å²) >= 11 is 0. The van der Waals surface area contributed by atoms with Crippen LogP contribution in [0.3, 0.4) is 0 Å². The largest absolute Gasteiger partial charge is 0.490 e. The van der Waals surface area contributed by atoms with Gasteiger partial charge in [-0.05, 0) is 61.1 Å². The molecule has 1 fully saturated rings. The molecule has 0 atom stereocenters. The van der Waals surface area contributed by atoms with Crippen molar-refractivity contribution in [2.75, 3.05) is 36.5 Å². The number of rotatable bonds is 2. The standard InChI is InChI=1S/C23H27N3O2/c27-23(26-14-15-28-22-7-2-1-6-21(22)26)24-19-9-8-17-10-12-25(20-4-3-5-20)13-11-18(17)16-19/h1-2,6-9,16,20H,3-5,10-15H2,(H,24,27). The lowest BCUT2D eigenvalue weighted by atomic mass is 9.91. The van der Waals surface area contributed by atoms with Crippen LogP contribution in [0.1, 0.15) is 30.4 Å². The zero-order valence-electron chi connectivity index (χ0n) is 16.2. The topological polar surface area (TPSA) is 44.8 Å². The molecule has 0 radical (unpaired) electrons. The Kier molecular flexibility index (Phi) is 4.69. The van der Waals surface area contributed by atoms with Crippen LogP contribution in [0.4, 0.5) is 16.2 Å². The van der Waals surface area contributed by atoms with Gasteiger partial charge in [0, 0.05) is 24.8 Å². The Morgan fingerprint density at radius 1 is 1.00 bits per heavy atom. The summed E-state index contributed by atoms with van der Waals surface area (Å²) in [5.41, 5.74) is 4.51. The number of benzene rings is 2. The molecule has 5 rings (SSSR count). The molecular formula is C23H27N3O2. The van der Waals surface area contributed by atoms with Gasteiger partial charge < -0.3 is 10.1 Å². The minimum absolute atomic E-state index is 0.0968. The van der Waals surface area contributed by atoms with E-state index in [0.29, 0.717) is 13.2 Å². The van der Waals surface area contributed by atoms with E-state index in [1.807, 2.05) is 30.3 Å². The second-order valence-electron chi connectivity index (χ2n) is 8.00. The van der Waals surface area contributed by atoms with E-state index in [2.05, 4.69) is 22.3 Å². The molecule has 0 unspecified atom stereocenters. The summed E-state index contributed by atoms with van der Waals surface area (Å²) in [4.78, 5) is 17.3. The van der Waals surface area contributed by atoms with Gasteiger partial charge in [0.25, 0.3) is 0 Å². The van der Waals surface area contributed by atoms with Gasteiger partial charge in [-0.2, -0.15) is 0 Å². The highest BCUT2D eigenvalue weighted by atomic mass is 16.5. The number of carbonyl (C=O) groups is 1. The Morgan fingerprint density at radius 2 is 1.82 bits per heavy atom. The first-order valence-corrected chi connectivity index (χ1v) is 10.4. The van der Waals surface area contributed by atoms with E-state index in [1.165, 1.54) is 30.4 Å². The molecule has 1 saturated carbocycles. The van der Waals surface area contributed by atoms with Gasteiger partial charge in [-0.3, -0.25) is 9.80 Å². The lowest BCUT2D eigenvalue weighted by Gasteiger charge is -2.36. The van der Waals surface area contributed by atoms with Crippen LogP contribution in [-0.4, -0.2) is 43.2 Å². The molecule has 0 spiro atoms. The maximum absolute atomic E-state index is 12.9. The smallest absolute Gasteiger partial charge is 0.326 e. The number of urea groups is 1. The summed E-state index contributed by atoms with van der Waals surface area (Å²) in [6.07, 6.45) is 6.28. The third-order valence-corrected chi connectivity index (χ3v) is 6.36. The zero-order chi connectivity index (χ0) is 18.9. The Labute approximate surface area is 166 Å². The highest BCUT2D eigenvalue weighted by Crippen LogP contribution is 2.32. The maximum Gasteiger partial charge on any atom is 0.326 e. The van der Waals surface area contributed by atoms with Crippen molar-refractivity contribution >= 4 is 17.4 Å². The van der Waals surface area contributed by atoms with Crippen LogP contribution in [0.25, 0.3) is 0 Å². The first-order chi connectivity index (χ1) is 13.8. The molecule has 0 bridgehead atoms. The van der Waals surface area contributed by atoms with E-state index in [0.717, 1.165) is 49.1 Å². The van der Waals surface area contributed by atoms with Crippen molar-refractivity contribution in [2.24, 2.45) is 0 Å². The van der Waals surface area contributed by atoms with Gasteiger partial charge in [0.2, 0.25) is 0 Å². The van der Waals surface area contributed by atoms with Crippen LogP contribution in [0.15, 0.2) is 42.5 Å². The van der Waals surface area contributed by atoms with E-state index < -0.39 is 0 Å². The molecule has 0 saturated heterocycles. The van der Waals surface area contributed by atoms with Gasteiger partial charge in [0.15, 0.2) is 0 Å². The molecule has 2 heterocycles. The molecule has 5 heteroatoms. The lowest BCUT2D eigenvalue weighted by molar-refractivity contribution is 0.133. The van der Waals surface area contributed by atoms with Crippen molar-refractivity contribution < 1.29 is 9.53 Å². The van der Waals surface area contributed by atoms with Crippen molar-refractivity contribution in [3.05, 3.63) is 53.6 Å². The molecule has 2 aliphatic heterocycles. The second kappa shape index (κ2) is 7.47. The van der Waals surface area contributed by atoms with Gasteiger partial charge in [0.05, 0.1) is 12.2 Å². The molecule has 3 aliphatic rings. The number of para-hydroxylation sites is 2. The monoisotopic (exact) mass is 377 g/mol. The fourth-order valence-corrected chi connectivity index (χ4v) is 4.51. The molecule has 2 aromatic rings. The van der Waals surface area contributed by atoms with Crippen LogP contribution in [0.5, 0.6) is 5.75 Å². The minimum Gasteiger partial charge on any atom is -0.490 e. The fraction of sp³-hybridized carbons (Fsp3) is 0.435. The summed E-state index contributed by atoms with van der Waals surface area (Å²) < 4.78 is 5.66. The predicted octanol–water partition coefficient (Wildman–Crippen LogP) is 4.07. The summed E-state index contributed by atoms with van der Waals surface area (Å²) in [5.74, 6) is 0.766. The van der Waals surface area contributed by atoms with E-state index in [-0.39, 0.29) is 6.03 Å². The van der Waals surface area contributed by atoms with E-state index >= 15 is 0 Å². The molecular weight excluding hydrogens is 350 g/mol. The van der Waals surface area contributed by atoms with Gasteiger partial charge >= 0.3 is 6.03 Å². The van der Waals surface area contributed by atoms with Crippen LogP contribution in [0, 0.1) is 0 Å². The van der Waals surface area contributed by atoms with E-state index in [9.17, 15) is 4.79 Å². The molecule has 28 heavy (non-hydrogen) atoms. The number of hydrogen-bond donors (Lipinski definition) is 1. The van der Waals surface area contributed by atoms with Crippen LogP contribution in [0.2, 0.25) is 0 Å². The first kappa shape index (κ1) is 17.6. The number of ether oxygens (including phenoxy) is 1. The summed E-state index contributed by atoms with van der Waals surface area (Å²) in [7, 11) is 0. The summed E-state index contributed by atoms with van der Waals surface area (Å²) in [5, 5.41) is 3.10. The summed E-state index contributed by atoms with van der Waals surface area (Å²) in [6.45, 7) is 3.37. The minimum atomic E-state index is -0.0968. The maximum atomic E-state index is 12.9. The average Bonchev–Trinajstić information content (AvgIpc) is 2.89. The van der Waals surface area contributed by atoms with Crippen molar-refractivity contribution in [3.8, 4) is 5.75 Å². The number of hydrogen-bond acceptors (Lipinski definition) is 3. The van der Waals surface area contributed by atoms with Crippen LogP contribution in [-0.2, 0) is 12.8 Å².